The van der Waals surface area contributed by atoms with Crippen molar-refractivity contribution in [2.75, 3.05) is 20.6 Å². The van der Waals surface area contributed by atoms with Crippen molar-refractivity contribution < 1.29 is 0 Å². The first-order valence-corrected chi connectivity index (χ1v) is 4.92. The van der Waals surface area contributed by atoms with Crippen LogP contribution in [0, 0.1) is 11.3 Å². The van der Waals surface area contributed by atoms with E-state index in [0.29, 0.717) is 6.04 Å². The van der Waals surface area contributed by atoms with Crippen LogP contribution in [0.4, 0.5) is 0 Å². The maximum atomic E-state index is 8.75. The van der Waals surface area contributed by atoms with Crippen LogP contribution in [0.3, 0.4) is 0 Å². The van der Waals surface area contributed by atoms with E-state index in [0.717, 1.165) is 6.54 Å². The first-order chi connectivity index (χ1) is 6.15. The van der Waals surface area contributed by atoms with Gasteiger partial charge in [-0.3, -0.25) is 0 Å². The number of nitrogens with one attached hydrogen (secondary N) is 1. The van der Waals surface area contributed by atoms with Crippen molar-refractivity contribution in [2.45, 2.75) is 38.8 Å². The number of hydrogen-bond donors (Lipinski definition) is 1. The summed E-state index contributed by atoms with van der Waals surface area (Å²) in [5, 5.41) is 11.7. The lowest BCUT2D eigenvalue weighted by Gasteiger charge is -2.25. The Kier molecular flexibility index (Phi) is 6.56. The highest BCUT2D eigenvalue weighted by Crippen LogP contribution is 2.04. The molecule has 76 valence electrons. The number of rotatable bonds is 6. The highest BCUT2D eigenvalue weighted by molar-refractivity contribution is 4.91. The predicted molar refractivity (Wildman–Crippen MR) is 55.5 cm³/mol. The zero-order chi connectivity index (χ0) is 10.3. The third-order valence-electron chi connectivity index (χ3n) is 2.43. The minimum Gasteiger partial charge on any atom is -0.304 e. The second-order valence-corrected chi connectivity index (χ2v) is 3.55. The van der Waals surface area contributed by atoms with Gasteiger partial charge in [-0.05, 0) is 27.4 Å². The lowest BCUT2D eigenvalue weighted by Crippen LogP contribution is -2.40. The van der Waals surface area contributed by atoms with Crippen LogP contribution >= 0.6 is 0 Å². The average molecular weight is 183 g/mol. The summed E-state index contributed by atoms with van der Waals surface area (Å²) in [6.07, 6.45) is 2.39. The lowest BCUT2D eigenvalue weighted by atomic mass is 10.1. The fourth-order valence-corrected chi connectivity index (χ4v) is 1.30. The number of nitrogens with zero attached hydrogens (tertiary/aromatic N) is 2. The third kappa shape index (κ3) is 4.87. The quantitative estimate of drug-likeness (QED) is 0.673. The summed E-state index contributed by atoms with van der Waals surface area (Å²) >= 11 is 0. The molecule has 0 spiro atoms. The van der Waals surface area contributed by atoms with Gasteiger partial charge in [0.2, 0.25) is 0 Å². The standard InChI is InChI=1S/C10H21N3/c1-5-6-9(2)13(4)8-10(7-11)12-3/h9-10,12H,5-6,8H2,1-4H3. The summed E-state index contributed by atoms with van der Waals surface area (Å²) in [5.41, 5.74) is 0. The Bertz CT molecular complexity index is 162. The monoisotopic (exact) mass is 183 g/mol. The third-order valence-corrected chi connectivity index (χ3v) is 2.43. The van der Waals surface area contributed by atoms with Gasteiger partial charge in [0.05, 0.1) is 6.07 Å². The van der Waals surface area contributed by atoms with Gasteiger partial charge in [-0.25, -0.2) is 0 Å². The smallest absolute Gasteiger partial charge is 0.108 e. The molecule has 2 atom stereocenters. The van der Waals surface area contributed by atoms with E-state index in [9.17, 15) is 0 Å². The summed E-state index contributed by atoms with van der Waals surface area (Å²) in [5.74, 6) is 0. The molecule has 0 aliphatic carbocycles. The molecule has 2 unspecified atom stereocenters. The van der Waals surface area contributed by atoms with E-state index in [1.165, 1.54) is 12.8 Å². The molecule has 0 bridgehead atoms. The number of nitriles is 1. The van der Waals surface area contributed by atoms with Gasteiger partial charge in [-0.1, -0.05) is 13.3 Å². The molecule has 0 aliphatic heterocycles. The Hall–Kier alpha value is -0.590. The van der Waals surface area contributed by atoms with Crippen LogP contribution in [-0.2, 0) is 0 Å². The van der Waals surface area contributed by atoms with Crippen LogP contribution in [0.25, 0.3) is 0 Å². The molecule has 0 rings (SSSR count). The fourth-order valence-electron chi connectivity index (χ4n) is 1.30. The van der Waals surface area contributed by atoms with Gasteiger partial charge < -0.3 is 10.2 Å². The highest BCUT2D eigenvalue weighted by atomic mass is 15.1. The summed E-state index contributed by atoms with van der Waals surface area (Å²) in [4.78, 5) is 2.23. The summed E-state index contributed by atoms with van der Waals surface area (Å²) in [7, 11) is 3.90. The van der Waals surface area contributed by atoms with Gasteiger partial charge >= 0.3 is 0 Å². The summed E-state index contributed by atoms with van der Waals surface area (Å²) in [6, 6.07) is 2.74. The maximum absolute atomic E-state index is 8.75. The first kappa shape index (κ1) is 12.4. The minimum atomic E-state index is -0.0516. The molecule has 3 nitrogen and oxygen atoms in total. The van der Waals surface area contributed by atoms with Crippen LogP contribution in [0.1, 0.15) is 26.7 Å². The van der Waals surface area contributed by atoms with Crippen molar-refractivity contribution in [1.29, 1.82) is 5.26 Å². The SMILES string of the molecule is CCCC(C)N(C)CC(C#N)NC. The average Bonchev–Trinajstić information content (AvgIpc) is 2.14. The van der Waals surface area contributed by atoms with Crippen molar-refractivity contribution in [3.05, 3.63) is 0 Å². The second-order valence-electron chi connectivity index (χ2n) is 3.55. The molecule has 13 heavy (non-hydrogen) atoms. The predicted octanol–water partition coefficient (Wildman–Crippen LogP) is 1.22. The van der Waals surface area contributed by atoms with E-state index < -0.39 is 0 Å². The van der Waals surface area contributed by atoms with E-state index in [1.807, 2.05) is 7.05 Å². The Morgan fingerprint density at radius 3 is 2.54 bits per heavy atom. The zero-order valence-electron chi connectivity index (χ0n) is 9.17. The van der Waals surface area contributed by atoms with Crippen molar-refractivity contribution in [3.63, 3.8) is 0 Å². The minimum absolute atomic E-state index is 0.0516. The van der Waals surface area contributed by atoms with E-state index in [4.69, 9.17) is 5.26 Å². The van der Waals surface area contributed by atoms with Gasteiger partial charge in [0.15, 0.2) is 0 Å². The molecule has 0 saturated heterocycles. The van der Waals surface area contributed by atoms with Gasteiger partial charge in [0.25, 0.3) is 0 Å². The summed E-state index contributed by atoms with van der Waals surface area (Å²) < 4.78 is 0. The van der Waals surface area contributed by atoms with Gasteiger partial charge in [-0.2, -0.15) is 5.26 Å². The molecular weight excluding hydrogens is 162 g/mol. The molecule has 0 aromatic rings. The van der Waals surface area contributed by atoms with Gasteiger partial charge in [0, 0.05) is 12.6 Å². The van der Waals surface area contributed by atoms with Gasteiger partial charge in [-0.15, -0.1) is 0 Å². The Morgan fingerprint density at radius 1 is 1.54 bits per heavy atom. The molecule has 0 aromatic carbocycles. The van der Waals surface area contributed by atoms with E-state index >= 15 is 0 Å². The van der Waals surface area contributed by atoms with Crippen LogP contribution in [0.5, 0.6) is 0 Å². The van der Waals surface area contributed by atoms with Crippen LogP contribution in [0.2, 0.25) is 0 Å². The Labute approximate surface area is 81.7 Å². The van der Waals surface area contributed by atoms with E-state index in [-0.39, 0.29) is 6.04 Å². The maximum Gasteiger partial charge on any atom is 0.108 e. The van der Waals surface area contributed by atoms with Crippen molar-refractivity contribution in [3.8, 4) is 6.07 Å². The Morgan fingerprint density at radius 2 is 2.15 bits per heavy atom. The topological polar surface area (TPSA) is 39.1 Å². The van der Waals surface area contributed by atoms with Crippen LogP contribution in [-0.4, -0.2) is 37.6 Å². The second kappa shape index (κ2) is 6.88. The largest absolute Gasteiger partial charge is 0.304 e. The van der Waals surface area contributed by atoms with Crippen LogP contribution < -0.4 is 5.32 Å². The molecule has 0 aliphatic rings. The molecule has 3 heteroatoms. The normalized spacial score (nSPS) is 15.4. The molecule has 0 aromatic heterocycles. The van der Waals surface area contributed by atoms with Gasteiger partial charge in [0.1, 0.15) is 6.04 Å². The molecule has 1 N–H and O–H groups in total. The fraction of sp³-hybridized carbons (Fsp3) is 0.900. The molecule has 0 saturated carbocycles. The van der Waals surface area contributed by atoms with E-state index in [1.54, 1.807) is 0 Å². The number of likely N-dealkylation sites (N-methyl/N-ethyl adjacent to an activating group) is 2. The highest BCUT2D eigenvalue weighted by Gasteiger charge is 2.12. The molecule has 0 amide bonds. The number of hydrogen-bond acceptors (Lipinski definition) is 3. The molecule has 0 fully saturated rings. The molecule has 0 radical (unpaired) electrons. The van der Waals surface area contributed by atoms with Crippen LogP contribution in [0.15, 0.2) is 0 Å². The van der Waals surface area contributed by atoms with E-state index in [2.05, 4.69) is 37.2 Å². The molecule has 0 heterocycles. The van der Waals surface area contributed by atoms with Crippen molar-refractivity contribution in [1.82, 2.24) is 10.2 Å². The first-order valence-electron chi connectivity index (χ1n) is 4.92. The van der Waals surface area contributed by atoms with Crippen molar-refractivity contribution in [2.24, 2.45) is 0 Å². The zero-order valence-corrected chi connectivity index (χ0v) is 9.17. The summed E-state index contributed by atoms with van der Waals surface area (Å²) in [6.45, 7) is 5.19. The molecular formula is C10H21N3. The Balaban J connectivity index is 3.84. The lowest BCUT2D eigenvalue weighted by molar-refractivity contribution is 0.234. The van der Waals surface area contributed by atoms with Crippen molar-refractivity contribution >= 4 is 0 Å².